The summed E-state index contributed by atoms with van der Waals surface area (Å²) < 4.78 is 13.2. The highest BCUT2D eigenvalue weighted by Gasteiger charge is 2.06. The first-order chi connectivity index (χ1) is 12.0. The molecular weight excluding hydrogens is 347 g/mol. The molecule has 3 rings (SSSR count). The zero-order valence-electron chi connectivity index (χ0n) is 12.7. The minimum absolute atomic E-state index is 0.00948. The van der Waals surface area contributed by atoms with Crippen molar-refractivity contribution in [3.05, 3.63) is 71.1 Å². The second-order valence-corrected chi connectivity index (χ2v) is 5.44. The number of nitrogens with zero attached hydrogens (tertiary/aromatic N) is 2. The van der Waals surface area contributed by atoms with Gasteiger partial charge in [-0.2, -0.15) is 4.98 Å². The van der Waals surface area contributed by atoms with Gasteiger partial charge in [0, 0.05) is 17.6 Å². The number of aromatic nitrogens is 2. The molecule has 0 saturated heterocycles. The monoisotopic (exact) mass is 358 g/mol. The van der Waals surface area contributed by atoms with Gasteiger partial charge in [-0.25, -0.2) is 14.2 Å². The van der Waals surface area contributed by atoms with Gasteiger partial charge in [-0.15, -0.1) is 0 Å². The Morgan fingerprint density at radius 2 is 1.88 bits per heavy atom. The standard InChI is InChI=1S/C17H12ClFN4O2/c18-13-9-12(4-5-14(13)19)22-17-20-7-6-15(23-17)21-11-3-1-2-10(8-11)16(24)25/h1-9H,(H,24,25)(H2,20,21,22,23). The maximum atomic E-state index is 13.2. The molecule has 3 N–H and O–H groups in total. The van der Waals surface area contributed by atoms with Crippen molar-refractivity contribution >= 4 is 40.7 Å². The number of carbonyl (C=O) groups is 1. The molecule has 0 unspecified atom stereocenters. The molecule has 3 aromatic rings. The van der Waals surface area contributed by atoms with Crippen LogP contribution in [-0.4, -0.2) is 21.0 Å². The van der Waals surface area contributed by atoms with Crippen molar-refractivity contribution in [2.75, 3.05) is 10.6 Å². The number of nitrogens with one attached hydrogen (secondary N) is 2. The Morgan fingerprint density at radius 1 is 1.08 bits per heavy atom. The Balaban J connectivity index is 1.78. The number of hydrogen-bond donors (Lipinski definition) is 3. The summed E-state index contributed by atoms with van der Waals surface area (Å²) in [7, 11) is 0. The van der Waals surface area contributed by atoms with Gasteiger partial charge in [-0.1, -0.05) is 17.7 Å². The third-order valence-corrected chi connectivity index (χ3v) is 3.50. The Morgan fingerprint density at radius 3 is 2.64 bits per heavy atom. The van der Waals surface area contributed by atoms with E-state index in [1.807, 2.05) is 0 Å². The summed E-state index contributed by atoms with van der Waals surface area (Å²) in [5.74, 6) is -0.779. The van der Waals surface area contributed by atoms with E-state index in [2.05, 4.69) is 20.6 Å². The fraction of sp³-hybridized carbons (Fsp3) is 0. The van der Waals surface area contributed by atoms with Crippen LogP contribution in [0.1, 0.15) is 10.4 Å². The topological polar surface area (TPSA) is 87.1 Å². The number of hydrogen-bond acceptors (Lipinski definition) is 5. The lowest BCUT2D eigenvalue weighted by atomic mass is 10.2. The number of carboxylic acid groups (broad SMARTS) is 1. The molecule has 0 aliphatic carbocycles. The van der Waals surface area contributed by atoms with Crippen LogP contribution < -0.4 is 10.6 Å². The zero-order valence-corrected chi connectivity index (χ0v) is 13.5. The van der Waals surface area contributed by atoms with E-state index in [0.717, 1.165) is 0 Å². The first-order valence-corrected chi connectivity index (χ1v) is 7.54. The van der Waals surface area contributed by atoms with Crippen molar-refractivity contribution in [3.8, 4) is 0 Å². The van der Waals surface area contributed by atoms with Crippen molar-refractivity contribution in [3.63, 3.8) is 0 Å². The number of benzene rings is 2. The van der Waals surface area contributed by atoms with Gasteiger partial charge in [0.2, 0.25) is 5.95 Å². The highest BCUT2D eigenvalue weighted by molar-refractivity contribution is 6.31. The van der Waals surface area contributed by atoms with Gasteiger partial charge in [0.05, 0.1) is 10.6 Å². The average Bonchev–Trinajstić information content (AvgIpc) is 2.59. The van der Waals surface area contributed by atoms with Gasteiger partial charge in [-0.3, -0.25) is 0 Å². The second-order valence-electron chi connectivity index (χ2n) is 5.03. The molecule has 2 aromatic carbocycles. The van der Waals surface area contributed by atoms with E-state index in [0.29, 0.717) is 17.2 Å². The fourth-order valence-corrected chi connectivity index (χ4v) is 2.25. The van der Waals surface area contributed by atoms with E-state index in [4.69, 9.17) is 16.7 Å². The van der Waals surface area contributed by atoms with Gasteiger partial charge < -0.3 is 15.7 Å². The molecule has 0 bridgehead atoms. The molecule has 0 aliphatic rings. The molecule has 0 aliphatic heterocycles. The van der Waals surface area contributed by atoms with Crippen LogP contribution in [0.4, 0.5) is 27.5 Å². The Labute approximate surface area is 147 Å². The minimum atomic E-state index is -1.01. The normalized spacial score (nSPS) is 10.3. The van der Waals surface area contributed by atoms with Crippen LogP contribution in [-0.2, 0) is 0 Å². The highest BCUT2D eigenvalue weighted by Crippen LogP contribution is 2.22. The number of anilines is 4. The molecule has 1 heterocycles. The average molecular weight is 359 g/mol. The van der Waals surface area contributed by atoms with E-state index in [-0.39, 0.29) is 16.5 Å². The van der Waals surface area contributed by atoms with Gasteiger partial charge in [0.1, 0.15) is 11.6 Å². The lowest BCUT2D eigenvalue weighted by molar-refractivity contribution is 0.0697. The maximum Gasteiger partial charge on any atom is 0.335 e. The van der Waals surface area contributed by atoms with Crippen LogP contribution in [0.15, 0.2) is 54.7 Å². The number of carboxylic acids is 1. The molecule has 0 amide bonds. The predicted octanol–water partition coefficient (Wildman–Crippen LogP) is 4.45. The van der Waals surface area contributed by atoms with Gasteiger partial charge in [0.15, 0.2) is 0 Å². The van der Waals surface area contributed by atoms with Crippen molar-refractivity contribution in [2.24, 2.45) is 0 Å². The van der Waals surface area contributed by atoms with Crippen LogP contribution >= 0.6 is 11.6 Å². The second kappa shape index (κ2) is 7.14. The molecule has 6 nitrogen and oxygen atoms in total. The van der Waals surface area contributed by atoms with E-state index < -0.39 is 11.8 Å². The Hall–Kier alpha value is -3.19. The maximum absolute atomic E-state index is 13.2. The van der Waals surface area contributed by atoms with Crippen molar-refractivity contribution in [2.45, 2.75) is 0 Å². The number of aromatic carboxylic acids is 1. The van der Waals surface area contributed by atoms with Crippen LogP contribution in [0.3, 0.4) is 0 Å². The van der Waals surface area contributed by atoms with Crippen LogP contribution in [0.2, 0.25) is 5.02 Å². The van der Waals surface area contributed by atoms with Crippen molar-refractivity contribution < 1.29 is 14.3 Å². The largest absolute Gasteiger partial charge is 0.478 e. The van der Waals surface area contributed by atoms with Crippen LogP contribution in [0.25, 0.3) is 0 Å². The summed E-state index contributed by atoms with van der Waals surface area (Å²) in [6, 6.07) is 12.2. The Bertz CT molecular complexity index is 936. The highest BCUT2D eigenvalue weighted by atomic mass is 35.5. The van der Waals surface area contributed by atoms with E-state index in [1.165, 1.54) is 36.5 Å². The summed E-state index contributed by atoms with van der Waals surface area (Å²) in [6.45, 7) is 0. The first kappa shape index (κ1) is 16.7. The third kappa shape index (κ3) is 4.21. The van der Waals surface area contributed by atoms with Gasteiger partial charge in [0.25, 0.3) is 0 Å². The molecule has 0 spiro atoms. The van der Waals surface area contributed by atoms with E-state index in [9.17, 15) is 9.18 Å². The van der Waals surface area contributed by atoms with E-state index >= 15 is 0 Å². The summed E-state index contributed by atoms with van der Waals surface area (Å²) in [4.78, 5) is 19.4. The lowest BCUT2D eigenvalue weighted by Gasteiger charge is -2.09. The molecule has 1 aromatic heterocycles. The van der Waals surface area contributed by atoms with Crippen molar-refractivity contribution in [1.82, 2.24) is 9.97 Å². The molecule has 0 fully saturated rings. The molecule has 126 valence electrons. The molecule has 25 heavy (non-hydrogen) atoms. The minimum Gasteiger partial charge on any atom is -0.478 e. The van der Waals surface area contributed by atoms with E-state index in [1.54, 1.807) is 18.2 Å². The van der Waals surface area contributed by atoms with Crippen molar-refractivity contribution in [1.29, 1.82) is 0 Å². The van der Waals surface area contributed by atoms with Gasteiger partial charge >= 0.3 is 5.97 Å². The third-order valence-electron chi connectivity index (χ3n) is 3.21. The lowest BCUT2D eigenvalue weighted by Crippen LogP contribution is -2.01. The summed E-state index contributed by atoms with van der Waals surface area (Å²) in [6.07, 6.45) is 1.53. The summed E-state index contributed by atoms with van der Waals surface area (Å²) >= 11 is 5.74. The molecule has 8 heteroatoms. The molecular formula is C17H12ClFN4O2. The number of rotatable bonds is 5. The quantitative estimate of drug-likeness (QED) is 0.624. The van der Waals surface area contributed by atoms with Crippen LogP contribution in [0.5, 0.6) is 0 Å². The van der Waals surface area contributed by atoms with Crippen LogP contribution in [0, 0.1) is 5.82 Å². The van der Waals surface area contributed by atoms with Gasteiger partial charge in [-0.05, 0) is 42.5 Å². The molecule has 0 radical (unpaired) electrons. The fourth-order valence-electron chi connectivity index (χ4n) is 2.07. The SMILES string of the molecule is O=C(O)c1cccc(Nc2ccnc(Nc3ccc(F)c(Cl)c3)n2)c1. The Kier molecular flexibility index (Phi) is 4.76. The molecule has 0 saturated carbocycles. The number of halogens is 2. The molecule has 0 atom stereocenters. The first-order valence-electron chi connectivity index (χ1n) is 7.17. The zero-order chi connectivity index (χ0) is 17.8. The predicted molar refractivity (Wildman–Crippen MR) is 93.4 cm³/mol. The smallest absolute Gasteiger partial charge is 0.335 e. The summed E-state index contributed by atoms with van der Waals surface area (Å²) in [5, 5.41) is 14.9. The summed E-state index contributed by atoms with van der Waals surface area (Å²) in [5.41, 5.74) is 1.28.